The van der Waals surface area contributed by atoms with Crippen LogP contribution in [0.2, 0.25) is 0 Å². The minimum atomic E-state index is 0.488. The molecule has 4 heterocycles. The highest BCUT2D eigenvalue weighted by Gasteiger charge is 2.24. The van der Waals surface area contributed by atoms with E-state index in [4.69, 9.17) is 20.4 Å². The molecule has 0 amide bonds. The largest absolute Gasteiger partial charge is 0.226 e. The molecule has 0 saturated carbocycles. The van der Waals surface area contributed by atoms with Gasteiger partial charge in [0.2, 0.25) is 11.6 Å². The first-order chi connectivity index (χ1) is 25.4. The Morgan fingerprint density at radius 2 is 0.923 bits per heavy atom. The highest BCUT2D eigenvalue weighted by molar-refractivity contribution is 8.76. The van der Waals surface area contributed by atoms with E-state index in [0.29, 0.717) is 24.7 Å². The van der Waals surface area contributed by atoms with Crippen LogP contribution in [-0.2, 0) is 13.1 Å². The van der Waals surface area contributed by atoms with E-state index in [-0.39, 0.29) is 0 Å². The normalized spacial score (nSPS) is 11.4. The molecule has 0 fully saturated rings. The molecule has 4 aromatic heterocycles. The van der Waals surface area contributed by atoms with E-state index in [1.807, 2.05) is 70.0 Å². The summed E-state index contributed by atoms with van der Waals surface area (Å²) in [5.74, 6) is 0.977. The highest BCUT2D eigenvalue weighted by Crippen LogP contribution is 2.46. The van der Waals surface area contributed by atoms with Crippen LogP contribution in [0.4, 0.5) is 0 Å². The lowest BCUT2D eigenvalue weighted by atomic mass is 10.1. The zero-order chi connectivity index (χ0) is 35.6. The molecule has 0 unspecified atom stereocenters. The van der Waals surface area contributed by atoms with E-state index in [0.717, 1.165) is 43.7 Å². The van der Waals surface area contributed by atoms with Gasteiger partial charge in [-0.2, -0.15) is 19.8 Å². The fourth-order valence-corrected chi connectivity index (χ4v) is 8.14. The Labute approximate surface area is 308 Å². The SMILES string of the molecule is Cc1ccc(-n2ncc(-c3nnn(Cc4ccccc4)n3)c2SSc2c(-c3nnn(Cc4ccccc4)n3)cnn2-c2ccc(C)c(C)c2)cc1C. The van der Waals surface area contributed by atoms with Crippen LogP contribution in [0.5, 0.6) is 0 Å². The number of rotatable bonds is 11. The van der Waals surface area contributed by atoms with Crippen LogP contribution in [0.15, 0.2) is 120 Å². The first-order valence-corrected chi connectivity index (χ1v) is 18.8. The molecule has 8 aromatic rings. The lowest BCUT2D eigenvalue weighted by Crippen LogP contribution is -2.04. The smallest absolute Gasteiger partial charge is 0.209 e. The van der Waals surface area contributed by atoms with Gasteiger partial charge in [-0.25, -0.2) is 9.36 Å². The number of nitrogens with zero attached hydrogens (tertiary/aromatic N) is 12. The average molecular weight is 723 g/mol. The molecule has 12 nitrogen and oxygen atoms in total. The molecule has 258 valence electrons. The topological polar surface area (TPSA) is 123 Å². The average Bonchev–Trinajstić information content (AvgIpc) is 3.97. The molecular weight excluding hydrogens is 689 g/mol. The first-order valence-electron chi connectivity index (χ1n) is 16.7. The Hall–Kier alpha value is -5.86. The Morgan fingerprint density at radius 3 is 1.33 bits per heavy atom. The van der Waals surface area contributed by atoms with E-state index >= 15 is 0 Å². The zero-order valence-corrected chi connectivity index (χ0v) is 30.6. The van der Waals surface area contributed by atoms with Crippen molar-refractivity contribution in [2.45, 2.75) is 50.8 Å². The van der Waals surface area contributed by atoms with Crippen molar-refractivity contribution in [2.75, 3.05) is 0 Å². The minimum absolute atomic E-state index is 0.488. The maximum absolute atomic E-state index is 4.86. The lowest BCUT2D eigenvalue weighted by molar-refractivity contribution is 0.573. The van der Waals surface area contributed by atoms with Crippen molar-refractivity contribution < 1.29 is 0 Å². The van der Waals surface area contributed by atoms with Crippen molar-refractivity contribution in [2.24, 2.45) is 0 Å². The van der Waals surface area contributed by atoms with E-state index in [1.165, 1.54) is 22.3 Å². The van der Waals surface area contributed by atoms with Crippen LogP contribution >= 0.6 is 21.6 Å². The van der Waals surface area contributed by atoms with Gasteiger partial charge in [-0.3, -0.25) is 0 Å². The molecule has 0 spiro atoms. The Bertz CT molecular complexity index is 2310. The summed E-state index contributed by atoms with van der Waals surface area (Å²) in [6.07, 6.45) is 3.61. The van der Waals surface area contributed by atoms with Crippen LogP contribution < -0.4 is 0 Å². The summed E-state index contributed by atoms with van der Waals surface area (Å²) in [4.78, 5) is 3.22. The van der Waals surface area contributed by atoms with Crippen molar-refractivity contribution in [3.8, 4) is 34.2 Å². The number of hydrogen-bond donors (Lipinski definition) is 0. The second kappa shape index (κ2) is 14.4. The van der Waals surface area contributed by atoms with Gasteiger partial charge < -0.3 is 0 Å². The molecular formula is C38H34N12S2. The van der Waals surface area contributed by atoms with E-state index in [1.54, 1.807) is 43.6 Å². The molecule has 52 heavy (non-hydrogen) atoms. The molecule has 0 atom stereocenters. The Balaban J connectivity index is 1.19. The molecule has 0 aliphatic rings. The van der Waals surface area contributed by atoms with Crippen molar-refractivity contribution in [3.05, 3.63) is 143 Å². The van der Waals surface area contributed by atoms with Gasteiger partial charge in [0.15, 0.2) is 0 Å². The Kier molecular flexibility index (Phi) is 9.22. The van der Waals surface area contributed by atoms with E-state index in [9.17, 15) is 0 Å². The number of hydrogen-bond acceptors (Lipinski definition) is 10. The second-order valence-corrected chi connectivity index (χ2v) is 14.6. The third kappa shape index (κ3) is 6.90. The van der Waals surface area contributed by atoms with Crippen LogP contribution in [0.25, 0.3) is 34.2 Å². The third-order valence-electron chi connectivity index (χ3n) is 8.84. The highest BCUT2D eigenvalue weighted by atomic mass is 33.1. The predicted molar refractivity (Wildman–Crippen MR) is 202 cm³/mol. The summed E-state index contributed by atoms with van der Waals surface area (Å²) in [6, 6.07) is 32.8. The van der Waals surface area contributed by atoms with Gasteiger partial charge in [-0.1, -0.05) is 72.8 Å². The Morgan fingerprint density at radius 1 is 0.500 bits per heavy atom. The van der Waals surface area contributed by atoms with Crippen molar-refractivity contribution in [1.29, 1.82) is 0 Å². The van der Waals surface area contributed by atoms with Crippen molar-refractivity contribution in [1.82, 2.24) is 60.0 Å². The molecule has 0 saturated heterocycles. The monoisotopic (exact) mass is 722 g/mol. The van der Waals surface area contributed by atoms with Gasteiger partial charge in [0.25, 0.3) is 0 Å². The molecule has 4 aromatic carbocycles. The number of aromatic nitrogens is 12. The number of tetrazole rings is 2. The van der Waals surface area contributed by atoms with Gasteiger partial charge >= 0.3 is 0 Å². The second-order valence-electron chi connectivity index (χ2n) is 12.5. The third-order valence-corrected chi connectivity index (χ3v) is 11.2. The fraction of sp³-hybridized carbons (Fsp3) is 0.158. The molecule has 0 bridgehead atoms. The van der Waals surface area contributed by atoms with Crippen molar-refractivity contribution >= 4 is 21.6 Å². The van der Waals surface area contributed by atoms with Crippen LogP contribution in [-0.4, -0.2) is 60.0 Å². The number of benzene rings is 4. The summed E-state index contributed by atoms with van der Waals surface area (Å²) < 4.78 is 3.87. The molecule has 0 N–H and O–H groups in total. The minimum Gasteiger partial charge on any atom is -0.226 e. The van der Waals surface area contributed by atoms with Gasteiger partial charge in [-0.15, -0.1) is 20.4 Å². The molecule has 0 radical (unpaired) electrons. The van der Waals surface area contributed by atoms with E-state index < -0.39 is 0 Å². The predicted octanol–water partition coefficient (Wildman–Crippen LogP) is 7.49. The molecule has 0 aliphatic carbocycles. The molecule has 0 aliphatic heterocycles. The summed E-state index contributed by atoms with van der Waals surface area (Å²) >= 11 is 0. The maximum Gasteiger partial charge on any atom is 0.209 e. The summed E-state index contributed by atoms with van der Waals surface area (Å²) in [5.41, 5.74) is 10.3. The van der Waals surface area contributed by atoms with Gasteiger partial charge in [0, 0.05) is 0 Å². The van der Waals surface area contributed by atoms with Crippen LogP contribution in [0.3, 0.4) is 0 Å². The molecule has 8 rings (SSSR count). The van der Waals surface area contributed by atoms with Crippen molar-refractivity contribution in [3.63, 3.8) is 0 Å². The fourth-order valence-electron chi connectivity index (χ4n) is 5.63. The lowest BCUT2D eigenvalue weighted by Gasteiger charge is -2.12. The van der Waals surface area contributed by atoms with Gasteiger partial charge in [0.1, 0.15) is 10.1 Å². The summed E-state index contributed by atoms with van der Waals surface area (Å²) in [6.45, 7) is 9.43. The van der Waals surface area contributed by atoms with Crippen LogP contribution in [0.1, 0.15) is 33.4 Å². The first kappa shape index (κ1) is 33.3. The standard InChI is InChI=1S/C38H34N12S2/c1-25-15-17-31(19-27(25)3)49-37(33(21-39-49)35-41-45-47(43-35)23-29-11-7-5-8-12-29)51-52-38-34(22-40-50(38)32-18-16-26(2)28(4)20-32)36-42-46-48(44-36)24-30-13-9-6-10-14-30/h5-22H,23-24H2,1-4H3. The maximum atomic E-state index is 4.86. The van der Waals surface area contributed by atoms with E-state index in [2.05, 4.69) is 84.7 Å². The quantitative estimate of drug-likeness (QED) is 0.124. The zero-order valence-electron chi connectivity index (χ0n) is 29.0. The summed E-state index contributed by atoms with van der Waals surface area (Å²) in [7, 11) is 3.08. The molecule has 14 heteroatoms. The van der Waals surface area contributed by atoms with Crippen LogP contribution in [0, 0.1) is 27.7 Å². The summed E-state index contributed by atoms with van der Waals surface area (Å²) in [5, 5.41) is 38.7. The number of aryl methyl sites for hydroxylation is 4. The van der Waals surface area contributed by atoms with Gasteiger partial charge in [-0.05, 0) is 117 Å². The van der Waals surface area contributed by atoms with Gasteiger partial charge in [0.05, 0.1) is 48.0 Å².